The number of ether oxygens (including phenoxy) is 1. The lowest BCUT2D eigenvalue weighted by molar-refractivity contribution is -0.111. The average molecular weight is 356 g/mol. The third-order valence-corrected chi connectivity index (χ3v) is 4.30. The van der Waals surface area contributed by atoms with Crippen molar-refractivity contribution in [2.75, 3.05) is 12.4 Å². The molecule has 0 atom stereocenters. The van der Waals surface area contributed by atoms with Gasteiger partial charge in [0.05, 0.1) is 22.8 Å². The van der Waals surface area contributed by atoms with Gasteiger partial charge >= 0.3 is 5.97 Å². The third-order valence-electron chi connectivity index (χ3n) is 2.66. The summed E-state index contributed by atoms with van der Waals surface area (Å²) in [6, 6.07) is 6.68. The summed E-state index contributed by atoms with van der Waals surface area (Å²) in [6.07, 6.45) is 2.94. The minimum Gasteiger partial charge on any atom is -0.465 e. The molecule has 0 fully saturated rings. The number of hydrogen-bond acceptors (Lipinski definition) is 4. The van der Waals surface area contributed by atoms with E-state index in [0.717, 1.165) is 5.56 Å². The topological polar surface area (TPSA) is 55.4 Å². The summed E-state index contributed by atoms with van der Waals surface area (Å²) >= 11 is 12.9. The molecule has 0 unspecified atom stereocenters. The summed E-state index contributed by atoms with van der Waals surface area (Å²) in [5, 5.41) is 5.19. The number of carbonyl (C=O) groups is 2. The number of carbonyl (C=O) groups excluding carboxylic acids is 2. The lowest BCUT2D eigenvalue weighted by Crippen LogP contribution is -2.10. The second-order valence-corrected chi connectivity index (χ2v) is 5.88. The fourth-order valence-electron chi connectivity index (χ4n) is 1.62. The van der Waals surface area contributed by atoms with Crippen LogP contribution in [0.5, 0.6) is 0 Å². The van der Waals surface area contributed by atoms with E-state index in [0.29, 0.717) is 20.6 Å². The molecule has 0 aliphatic heterocycles. The second kappa shape index (κ2) is 7.45. The number of hydrogen-bond donors (Lipinski definition) is 1. The van der Waals surface area contributed by atoms with Gasteiger partial charge in [0.15, 0.2) is 0 Å². The maximum atomic E-state index is 11.9. The van der Waals surface area contributed by atoms with Gasteiger partial charge in [-0.25, -0.2) is 4.79 Å². The van der Waals surface area contributed by atoms with Crippen molar-refractivity contribution in [3.63, 3.8) is 0 Å². The fourth-order valence-corrected chi connectivity index (χ4v) is 2.69. The highest BCUT2D eigenvalue weighted by molar-refractivity contribution is 7.12. The van der Waals surface area contributed by atoms with Gasteiger partial charge in [0.25, 0.3) is 0 Å². The van der Waals surface area contributed by atoms with Crippen molar-refractivity contribution in [3.8, 4) is 0 Å². The van der Waals surface area contributed by atoms with Crippen LogP contribution in [-0.2, 0) is 9.53 Å². The zero-order chi connectivity index (χ0) is 16.1. The van der Waals surface area contributed by atoms with Crippen LogP contribution in [0.1, 0.15) is 15.2 Å². The first-order chi connectivity index (χ1) is 10.5. The van der Waals surface area contributed by atoms with Gasteiger partial charge in [-0.2, -0.15) is 0 Å². The van der Waals surface area contributed by atoms with Crippen molar-refractivity contribution in [1.82, 2.24) is 0 Å². The molecule has 0 aliphatic carbocycles. The van der Waals surface area contributed by atoms with E-state index in [-0.39, 0.29) is 5.91 Å². The summed E-state index contributed by atoms with van der Waals surface area (Å²) in [5.74, 6) is -0.853. The smallest absolute Gasteiger partial charge is 0.350 e. The summed E-state index contributed by atoms with van der Waals surface area (Å²) in [6.45, 7) is 0. The van der Waals surface area contributed by atoms with E-state index >= 15 is 0 Å². The second-order valence-electron chi connectivity index (χ2n) is 4.15. The van der Waals surface area contributed by atoms with E-state index in [1.165, 1.54) is 24.5 Å². The van der Waals surface area contributed by atoms with E-state index in [9.17, 15) is 9.59 Å². The molecule has 0 bridgehead atoms. The maximum absolute atomic E-state index is 11.9. The molecule has 2 aromatic rings. The van der Waals surface area contributed by atoms with Gasteiger partial charge in [-0.05, 0) is 35.2 Å². The van der Waals surface area contributed by atoms with Gasteiger partial charge in [0.2, 0.25) is 5.91 Å². The predicted octanol–water partition coefficient (Wildman–Crippen LogP) is 4.49. The standard InChI is InChI=1S/C15H11Cl2NO3S/c1-21-15(20)14-12(6-7-22-14)18-13(19)5-3-9-2-4-10(16)11(17)8-9/h2-8H,1H3,(H,18,19)/b5-3+. The Kier molecular flexibility index (Phi) is 5.60. The summed E-state index contributed by atoms with van der Waals surface area (Å²) in [5.41, 5.74) is 1.16. The minimum absolute atomic E-state index is 0.346. The molecule has 1 amide bonds. The average Bonchev–Trinajstić information content (AvgIpc) is 2.95. The molecule has 1 heterocycles. The van der Waals surface area contributed by atoms with Crippen molar-refractivity contribution in [2.45, 2.75) is 0 Å². The first-order valence-electron chi connectivity index (χ1n) is 6.11. The largest absolute Gasteiger partial charge is 0.465 e. The highest BCUT2D eigenvalue weighted by Crippen LogP contribution is 2.24. The Morgan fingerprint density at radius 3 is 2.68 bits per heavy atom. The number of benzene rings is 1. The van der Waals surface area contributed by atoms with Crippen molar-refractivity contribution >= 4 is 58.2 Å². The maximum Gasteiger partial charge on any atom is 0.350 e. The highest BCUT2D eigenvalue weighted by atomic mass is 35.5. The molecule has 1 N–H and O–H groups in total. The number of halogens is 2. The van der Waals surface area contributed by atoms with Crippen LogP contribution in [0.4, 0.5) is 5.69 Å². The first kappa shape index (κ1) is 16.5. The number of nitrogens with one attached hydrogen (secondary N) is 1. The quantitative estimate of drug-likeness (QED) is 0.649. The van der Waals surface area contributed by atoms with Crippen molar-refractivity contribution in [3.05, 3.63) is 56.2 Å². The Morgan fingerprint density at radius 2 is 2.00 bits per heavy atom. The van der Waals surface area contributed by atoms with Crippen LogP contribution in [0.2, 0.25) is 10.0 Å². The fraction of sp³-hybridized carbons (Fsp3) is 0.0667. The highest BCUT2D eigenvalue weighted by Gasteiger charge is 2.14. The van der Waals surface area contributed by atoms with Gasteiger partial charge in [-0.3, -0.25) is 4.79 Å². The van der Waals surface area contributed by atoms with E-state index in [2.05, 4.69) is 10.1 Å². The normalized spacial score (nSPS) is 10.7. The number of rotatable bonds is 4. The Morgan fingerprint density at radius 1 is 1.23 bits per heavy atom. The third kappa shape index (κ3) is 4.10. The lowest BCUT2D eigenvalue weighted by Gasteiger charge is -2.02. The van der Waals surface area contributed by atoms with Gasteiger partial charge < -0.3 is 10.1 Å². The zero-order valence-electron chi connectivity index (χ0n) is 11.4. The molecule has 7 heteroatoms. The molecule has 0 saturated heterocycles. The molecule has 2 rings (SSSR count). The van der Waals surface area contributed by atoms with Crippen molar-refractivity contribution < 1.29 is 14.3 Å². The molecule has 0 radical (unpaired) electrons. The van der Waals surface area contributed by atoms with Crippen molar-refractivity contribution in [1.29, 1.82) is 0 Å². The molecular weight excluding hydrogens is 345 g/mol. The summed E-state index contributed by atoms with van der Waals surface area (Å²) in [4.78, 5) is 23.8. The van der Waals surface area contributed by atoms with E-state index in [4.69, 9.17) is 23.2 Å². The SMILES string of the molecule is COC(=O)c1sccc1NC(=O)/C=C/c1ccc(Cl)c(Cl)c1. The predicted molar refractivity (Wildman–Crippen MR) is 89.8 cm³/mol. The van der Waals surface area contributed by atoms with Crippen LogP contribution in [0.25, 0.3) is 6.08 Å². The Balaban J connectivity index is 2.07. The van der Waals surface area contributed by atoms with Crippen LogP contribution in [0, 0.1) is 0 Å². The van der Waals surface area contributed by atoms with Crippen LogP contribution in [0.15, 0.2) is 35.7 Å². The van der Waals surface area contributed by atoms with E-state index < -0.39 is 5.97 Å². The molecule has 1 aromatic heterocycles. The van der Waals surface area contributed by atoms with Crippen LogP contribution >= 0.6 is 34.5 Å². The molecule has 4 nitrogen and oxygen atoms in total. The van der Waals surface area contributed by atoms with E-state index in [1.807, 2.05) is 0 Å². The lowest BCUT2D eigenvalue weighted by atomic mass is 10.2. The van der Waals surface area contributed by atoms with Crippen LogP contribution in [-0.4, -0.2) is 19.0 Å². The number of esters is 1. The molecule has 0 spiro atoms. The number of thiophene rings is 1. The minimum atomic E-state index is -0.487. The molecule has 1 aromatic carbocycles. The van der Waals surface area contributed by atoms with Gasteiger partial charge in [-0.15, -0.1) is 11.3 Å². The molecular formula is C15H11Cl2NO3S. The van der Waals surface area contributed by atoms with Gasteiger partial charge in [-0.1, -0.05) is 29.3 Å². The number of methoxy groups -OCH3 is 1. The molecule has 114 valence electrons. The summed E-state index contributed by atoms with van der Waals surface area (Å²) < 4.78 is 4.65. The Labute approximate surface area is 141 Å². The van der Waals surface area contributed by atoms with Crippen LogP contribution < -0.4 is 5.32 Å². The molecule has 0 aliphatic rings. The zero-order valence-corrected chi connectivity index (χ0v) is 13.8. The number of anilines is 1. The van der Waals surface area contributed by atoms with E-state index in [1.54, 1.807) is 35.7 Å². The van der Waals surface area contributed by atoms with Crippen LogP contribution in [0.3, 0.4) is 0 Å². The van der Waals surface area contributed by atoms with Crippen molar-refractivity contribution in [2.24, 2.45) is 0 Å². The monoisotopic (exact) mass is 355 g/mol. The number of amides is 1. The Hall–Kier alpha value is -1.82. The Bertz CT molecular complexity index is 740. The summed E-state index contributed by atoms with van der Waals surface area (Å²) in [7, 11) is 1.29. The first-order valence-corrected chi connectivity index (χ1v) is 7.74. The molecule has 0 saturated carbocycles. The van der Waals surface area contributed by atoms with Gasteiger partial charge in [0.1, 0.15) is 4.88 Å². The van der Waals surface area contributed by atoms with Gasteiger partial charge in [0, 0.05) is 6.08 Å². The molecule has 22 heavy (non-hydrogen) atoms.